The number of benzene rings is 1. The first kappa shape index (κ1) is 24.8. The van der Waals surface area contributed by atoms with Gasteiger partial charge in [0.2, 0.25) is 5.83 Å². The molecule has 2 heterocycles. The van der Waals surface area contributed by atoms with Gasteiger partial charge < -0.3 is 19.5 Å². The number of anilines is 1. The van der Waals surface area contributed by atoms with E-state index in [1.54, 1.807) is 11.9 Å². The van der Waals surface area contributed by atoms with Gasteiger partial charge in [-0.1, -0.05) is 26.7 Å². The van der Waals surface area contributed by atoms with Gasteiger partial charge in [0.1, 0.15) is 12.0 Å². The fraction of sp³-hybridized carbons (Fsp3) is 0.571. The van der Waals surface area contributed by atoms with Crippen molar-refractivity contribution in [2.75, 3.05) is 44.5 Å². The van der Waals surface area contributed by atoms with E-state index in [-0.39, 0.29) is 5.54 Å². The molecule has 30 heavy (non-hydrogen) atoms. The SMILES string of the molecule is CCCC.CSc1cc2c(cc1O/C=C(\F)C(=O)O)SN(C)CCN2C1(C)COC1. The first-order chi connectivity index (χ1) is 14.3. The smallest absolute Gasteiger partial charge is 0.368 e. The normalized spacial score (nSPS) is 18.5. The molecule has 9 heteroatoms. The van der Waals surface area contributed by atoms with Gasteiger partial charge in [-0.25, -0.2) is 9.10 Å². The second kappa shape index (κ2) is 11.3. The Bertz CT molecular complexity index is 770. The van der Waals surface area contributed by atoms with Crippen molar-refractivity contribution in [2.24, 2.45) is 0 Å². The van der Waals surface area contributed by atoms with Gasteiger partial charge in [0.15, 0.2) is 0 Å². The fourth-order valence-corrected chi connectivity index (χ4v) is 4.39. The van der Waals surface area contributed by atoms with Gasteiger partial charge in [-0.15, -0.1) is 11.8 Å². The standard InChI is InChI=1S/C17H21FN2O4S2.C4H10/c1-17(9-23-10-17)20-5-4-19(2)26-14-7-13(15(25-3)6-12(14)20)24-8-11(18)16(21)22;1-3-4-2/h6-8H,4-5,9-10H2,1-3H3,(H,21,22);3-4H2,1-2H3/b11-8-;. The van der Waals surface area contributed by atoms with Crippen LogP contribution in [0.2, 0.25) is 0 Å². The second-order valence-corrected chi connectivity index (χ2v) is 9.54. The zero-order valence-corrected chi connectivity index (χ0v) is 19.9. The van der Waals surface area contributed by atoms with Gasteiger partial charge in [-0.05, 0) is 44.3 Å². The number of hydrogen-bond donors (Lipinski definition) is 1. The summed E-state index contributed by atoms with van der Waals surface area (Å²) in [7, 11) is 2.02. The average molecular weight is 459 g/mol. The molecule has 6 nitrogen and oxygen atoms in total. The molecule has 0 saturated carbocycles. The van der Waals surface area contributed by atoms with Crippen LogP contribution in [0.5, 0.6) is 5.75 Å². The lowest BCUT2D eigenvalue weighted by Gasteiger charge is -2.48. The number of carboxylic acids is 1. The molecule has 1 aromatic rings. The Hall–Kier alpha value is -1.42. The molecule has 0 aromatic heterocycles. The monoisotopic (exact) mass is 458 g/mol. The quantitative estimate of drug-likeness (QED) is 0.275. The predicted octanol–water partition coefficient (Wildman–Crippen LogP) is 5.04. The molecule has 2 aliphatic rings. The van der Waals surface area contributed by atoms with Crippen LogP contribution in [0.25, 0.3) is 0 Å². The minimum Gasteiger partial charge on any atom is -0.476 e. The topological polar surface area (TPSA) is 62.2 Å². The maximum atomic E-state index is 13.3. The summed E-state index contributed by atoms with van der Waals surface area (Å²) >= 11 is 3.06. The summed E-state index contributed by atoms with van der Waals surface area (Å²) in [6, 6.07) is 3.87. The zero-order valence-electron chi connectivity index (χ0n) is 18.2. The van der Waals surface area contributed by atoms with E-state index in [4.69, 9.17) is 14.6 Å². The number of thioether (sulfide) groups is 1. The number of ether oxygens (including phenoxy) is 2. The van der Waals surface area contributed by atoms with Crippen molar-refractivity contribution in [3.63, 3.8) is 0 Å². The molecule has 0 spiro atoms. The van der Waals surface area contributed by atoms with Crippen molar-refractivity contribution in [1.29, 1.82) is 0 Å². The molecule has 0 unspecified atom stereocenters. The van der Waals surface area contributed by atoms with Crippen LogP contribution < -0.4 is 9.64 Å². The van der Waals surface area contributed by atoms with Gasteiger partial charge in [-0.3, -0.25) is 0 Å². The lowest BCUT2D eigenvalue weighted by Crippen LogP contribution is -2.61. The number of fused-ring (bicyclic) bond motifs is 1. The molecular formula is C21H31FN2O4S2. The fourth-order valence-electron chi connectivity index (χ4n) is 2.92. The summed E-state index contributed by atoms with van der Waals surface area (Å²) in [5.74, 6) is -2.55. The number of carbonyl (C=O) groups is 1. The van der Waals surface area contributed by atoms with Gasteiger partial charge >= 0.3 is 5.97 Å². The zero-order chi connectivity index (χ0) is 22.3. The summed E-state index contributed by atoms with van der Waals surface area (Å²) in [5, 5.41) is 8.65. The van der Waals surface area contributed by atoms with E-state index in [2.05, 4.69) is 30.0 Å². The molecule has 2 aliphatic heterocycles. The number of likely N-dealkylation sites (N-methyl/N-ethyl adjacent to an activating group) is 1. The Labute approximate surface area is 186 Å². The molecule has 1 aromatic carbocycles. The molecule has 0 aliphatic carbocycles. The van der Waals surface area contributed by atoms with Crippen LogP contribution in [0, 0.1) is 0 Å². The molecule has 0 atom stereocenters. The van der Waals surface area contributed by atoms with Gasteiger partial charge in [0.25, 0.3) is 0 Å². The van der Waals surface area contributed by atoms with E-state index in [9.17, 15) is 9.18 Å². The molecule has 0 bridgehead atoms. The first-order valence-electron chi connectivity index (χ1n) is 9.97. The van der Waals surface area contributed by atoms with Gasteiger partial charge in [-0.2, -0.15) is 4.39 Å². The van der Waals surface area contributed by atoms with Crippen LogP contribution >= 0.6 is 23.7 Å². The number of unbranched alkanes of at least 4 members (excludes halogenated alkanes) is 1. The average Bonchev–Trinajstić information content (AvgIpc) is 2.87. The summed E-state index contributed by atoms with van der Waals surface area (Å²) in [6.45, 7) is 9.66. The van der Waals surface area contributed by atoms with Crippen LogP contribution in [-0.2, 0) is 9.53 Å². The maximum Gasteiger partial charge on any atom is 0.368 e. The first-order valence-corrected chi connectivity index (χ1v) is 12.0. The molecule has 168 valence electrons. The summed E-state index contributed by atoms with van der Waals surface area (Å²) in [5.41, 5.74) is 1.04. The maximum absolute atomic E-state index is 13.3. The molecule has 1 fully saturated rings. The van der Waals surface area contributed by atoms with Crippen LogP contribution in [0.15, 0.2) is 34.0 Å². The largest absolute Gasteiger partial charge is 0.476 e. The van der Waals surface area contributed by atoms with Crippen LogP contribution in [0.3, 0.4) is 0 Å². The Balaban J connectivity index is 0.000000735. The van der Waals surface area contributed by atoms with Crippen molar-refractivity contribution in [2.45, 2.75) is 48.9 Å². The highest BCUT2D eigenvalue weighted by Crippen LogP contribution is 2.45. The molecule has 0 radical (unpaired) electrons. The predicted molar refractivity (Wildman–Crippen MR) is 121 cm³/mol. The van der Waals surface area contributed by atoms with Gasteiger partial charge in [0.05, 0.1) is 34.2 Å². The van der Waals surface area contributed by atoms with E-state index in [0.29, 0.717) is 25.2 Å². The van der Waals surface area contributed by atoms with Crippen LogP contribution in [0.4, 0.5) is 10.1 Å². The number of carboxylic acid groups (broad SMARTS) is 1. The Kier molecular flexibility index (Phi) is 9.33. The highest BCUT2D eigenvalue weighted by molar-refractivity contribution is 7.98. The summed E-state index contributed by atoms with van der Waals surface area (Å²) < 4.78 is 26.2. The van der Waals surface area contributed by atoms with Gasteiger partial charge in [0, 0.05) is 13.1 Å². The van der Waals surface area contributed by atoms with Crippen LogP contribution in [-0.4, -0.2) is 60.5 Å². The number of hydrogen-bond acceptors (Lipinski definition) is 7. The number of nitrogens with zero attached hydrogens (tertiary/aromatic N) is 2. The van der Waals surface area contributed by atoms with E-state index in [0.717, 1.165) is 28.6 Å². The lowest BCUT2D eigenvalue weighted by molar-refractivity contribution is -0.134. The second-order valence-electron chi connectivity index (χ2n) is 7.44. The third kappa shape index (κ3) is 6.06. The highest BCUT2D eigenvalue weighted by Gasteiger charge is 2.41. The van der Waals surface area contributed by atoms with Crippen molar-refractivity contribution in [3.05, 3.63) is 24.2 Å². The van der Waals surface area contributed by atoms with Crippen molar-refractivity contribution in [3.8, 4) is 5.75 Å². The lowest BCUT2D eigenvalue weighted by atomic mass is 9.96. The molecule has 1 N–H and O–H groups in total. The third-order valence-electron chi connectivity index (χ3n) is 4.90. The molecule has 3 rings (SSSR count). The number of halogens is 1. The van der Waals surface area contributed by atoms with E-state index in [1.807, 2.05) is 25.4 Å². The summed E-state index contributed by atoms with van der Waals surface area (Å²) in [6.07, 6.45) is 5.17. The third-order valence-corrected chi connectivity index (χ3v) is 6.68. The highest BCUT2D eigenvalue weighted by atomic mass is 32.2. The Morgan fingerprint density at radius 2 is 2.03 bits per heavy atom. The van der Waals surface area contributed by atoms with Crippen molar-refractivity contribution < 1.29 is 23.8 Å². The molecular weight excluding hydrogens is 427 g/mol. The Morgan fingerprint density at radius 1 is 1.37 bits per heavy atom. The summed E-state index contributed by atoms with van der Waals surface area (Å²) in [4.78, 5) is 14.8. The minimum atomic E-state index is -1.65. The van der Waals surface area contributed by atoms with Crippen LogP contribution in [0.1, 0.15) is 33.6 Å². The minimum absolute atomic E-state index is 0.0478. The van der Waals surface area contributed by atoms with Crippen molar-refractivity contribution >= 4 is 35.4 Å². The molecule has 0 amide bonds. The molecule has 1 saturated heterocycles. The van der Waals surface area contributed by atoms with E-state index in [1.165, 1.54) is 24.6 Å². The number of aliphatic carboxylic acids is 1. The number of rotatable bonds is 6. The Morgan fingerprint density at radius 3 is 2.53 bits per heavy atom. The van der Waals surface area contributed by atoms with E-state index >= 15 is 0 Å². The van der Waals surface area contributed by atoms with E-state index < -0.39 is 11.8 Å². The van der Waals surface area contributed by atoms with Crippen molar-refractivity contribution in [1.82, 2.24) is 4.31 Å².